The van der Waals surface area contributed by atoms with Gasteiger partial charge >= 0.3 is 17.9 Å². The van der Waals surface area contributed by atoms with Gasteiger partial charge in [0, 0.05) is 19.3 Å². The zero-order valence-electron chi connectivity index (χ0n) is 45.1. The van der Waals surface area contributed by atoms with Gasteiger partial charge in [0.25, 0.3) is 0 Å². The molecule has 6 heteroatoms. The van der Waals surface area contributed by atoms with Crippen LogP contribution in [0.3, 0.4) is 0 Å². The van der Waals surface area contributed by atoms with Crippen LogP contribution in [0.25, 0.3) is 0 Å². The van der Waals surface area contributed by atoms with Crippen LogP contribution in [0.1, 0.15) is 297 Å². The van der Waals surface area contributed by atoms with Crippen molar-refractivity contribution >= 4 is 17.9 Å². The van der Waals surface area contributed by atoms with Gasteiger partial charge in [-0.2, -0.15) is 0 Å². The number of esters is 3. The van der Waals surface area contributed by atoms with Crippen LogP contribution >= 0.6 is 0 Å². The molecule has 0 aromatic rings. The second-order valence-corrected chi connectivity index (χ2v) is 19.6. The lowest BCUT2D eigenvalue weighted by molar-refractivity contribution is -0.167. The van der Waals surface area contributed by atoms with Crippen LogP contribution in [0.15, 0.2) is 60.8 Å². The van der Waals surface area contributed by atoms with Crippen molar-refractivity contribution in [3.05, 3.63) is 60.8 Å². The standard InChI is InChI=1S/C62H110O6/c1-4-7-10-13-16-19-22-25-28-30-31-33-34-37-40-43-46-49-52-55-61(64)67-58-59(57-66-60(63)54-51-48-45-42-39-36-27-24-21-18-15-12-9-6-3)68-62(65)56-53-50-47-44-41-38-35-32-29-26-23-20-17-14-11-8-5-2/h16-17,19-20,25-26,28-29,35,38,59H,4-15,18,21-24,27,30-34,36-37,39-58H2,1-3H3/b19-16-,20-17-,28-25-,29-26-,38-35-/t59-/m1/s1. The van der Waals surface area contributed by atoms with E-state index in [1.807, 2.05) is 0 Å². The van der Waals surface area contributed by atoms with Crippen LogP contribution in [0.4, 0.5) is 0 Å². The Morgan fingerprint density at radius 1 is 0.294 bits per heavy atom. The summed E-state index contributed by atoms with van der Waals surface area (Å²) in [6.07, 6.45) is 70.6. The molecule has 0 spiro atoms. The van der Waals surface area contributed by atoms with Crippen molar-refractivity contribution in [2.75, 3.05) is 13.2 Å². The minimum atomic E-state index is -0.786. The number of rotatable bonds is 53. The van der Waals surface area contributed by atoms with Gasteiger partial charge in [0.1, 0.15) is 13.2 Å². The third-order valence-electron chi connectivity index (χ3n) is 12.7. The van der Waals surface area contributed by atoms with Crippen LogP contribution in [-0.2, 0) is 28.6 Å². The largest absolute Gasteiger partial charge is 0.462 e. The summed E-state index contributed by atoms with van der Waals surface area (Å²) in [5, 5.41) is 0. The Morgan fingerprint density at radius 2 is 0.529 bits per heavy atom. The molecule has 0 aromatic carbocycles. The molecule has 0 fully saturated rings. The molecule has 0 radical (unpaired) electrons. The highest BCUT2D eigenvalue weighted by molar-refractivity contribution is 5.71. The SMILES string of the molecule is CCCCC/C=C\C/C=C\C/C=C\CCCCCCC(=O)O[C@@H](COC(=O)CCCCCCCCCCC/C=C\C/C=C\CCCCC)COC(=O)CCCCCCCCCCCCCCCC. The molecule has 0 aromatic heterocycles. The van der Waals surface area contributed by atoms with E-state index in [0.29, 0.717) is 19.3 Å². The van der Waals surface area contributed by atoms with E-state index >= 15 is 0 Å². The normalized spacial score (nSPS) is 12.5. The van der Waals surface area contributed by atoms with Gasteiger partial charge in [0.2, 0.25) is 0 Å². The van der Waals surface area contributed by atoms with Gasteiger partial charge in [-0.3, -0.25) is 14.4 Å². The molecule has 0 rings (SSSR count). The molecule has 0 saturated heterocycles. The first kappa shape index (κ1) is 65.1. The maximum atomic E-state index is 12.9. The number of allylic oxidation sites excluding steroid dienone is 10. The first-order valence-corrected chi connectivity index (χ1v) is 29.3. The summed E-state index contributed by atoms with van der Waals surface area (Å²) in [6.45, 7) is 6.59. The second kappa shape index (κ2) is 56.7. The van der Waals surface area contributed by atoms with Crippen LogP contribution < -0.4 is 0 Å². The fourth-order valence-corrected chi connectivity index (χ4v) is 8.30. The summed E-state index contributed by atoms with van der Waals surface area (Å²) >= 11 is 0. The Labute approximate surface area is 421 Å². The average Bonchev–Trinajstić information content (AvgIpc) is 3.34. The van der Waals surface area contributed by atoms with E-state index in [1.54, 1.807) is 0 Å². The zero-order valence-corrected chi connectivity index (χ0v) is 45.1. The summed E-state index contributed by atoms with van der Waals surface area (Å²) in [7, 11) is 0. The van der Waals surface area contributed by atoms with Crippen LogP contribution in [0.5, 0.6) is 0 Å². The molecular weight excluding hydrogens is 841 g/mol. The number of carbonyl (C=O) groups is 3. The third kappa shape index (κ3) is 54.1. The number of carbonyl (C=O) groups excluding carboxylic acids is 3. The molecule has 1 atom stereocenters. The summed E-state index contributed by atoms with van der Waals surface area (Å²) in [5.74, 6) is -0.895. The molecule has 0 aliphatic heterocycles. The Balaban J connectivity index is 4.39. The van der Waals surface area contributed by atoms with E-state index in [1.165, 1.54) is 167 Å². The molecular formula is C62H110O6. The van der Waals surface area contributed by atoms with Crippen LogP contribution in [0.2, 0.25) is 0 Å². The summed E-state index contributed by atoms with van der Waals surface area (Å²) in [6, 6.07) is 0. The fourth-order valence-electron chi connectivity index (χ4n) is 8.30. The summed E-state index contributed by atoms with van der Waals surface area (Å²) in [5.41, 5.74) is 0. The molecule has 0 amide bonds. The van der Waals surface area contributed by atoms with Crippen molar-refractivity contribution in [1.82, 2.24) is 0 Å². The highest BCUT2D eigenvalue weighted by Crippen LogP contribution is 2.16. The van der Waals surface area contributed by atoms with Crippen LogP contribution in [0, 0.1) is 0 Å². The molecule has 0 N–H and O–H groups in total. The highest BCUT2D eigenvalue weighted by Gasteiger charge is 2.19. The maximum absolute atomic E-state index is 12.9. The first-order chi connectivity index (χ1) is 33.5. The van der Waals surface area contributed by atoms with Gasteiger partial charge in [-0.25, -0.2) is 0 Å². The quantitative estimate of drug-likeness (QED) is 0.0262. The second-order valence-electron chi connectivity index (χ2n) is 19.6. The molecule has 6 nitrogen and oxygen atoms in total. The van der Waals surface area contributed by atoms with E-state index < -0.39 is 6.10 Å². The van der Waals surface area contributed by atoms with Gasteiger partial charge in [0.05, 0.1) is 0 Å². The molecule has 0 aliphatic rings. The van der Waals surface area contributed by atoms with Crippen molar-refractivity contribution < 1.29 is 28.6 Å². The molecule has 0 saturated carbocycles. The molecule has 0 bridgehead atoms. The van der Waals surface area contributed by atoms with Gasteiger partial charge in [-0.15, -0.1) is 0 Å². The zero-order chi connectivity index (χ0) is 49.3. The van der Waals surface area contributed by atoms with E-state index in [4.69, 9.17) is 14.2 Å². The fraction of sp³-hybridized carbons (Fsp3) is 0.790. The minimum Gasteiger partial charge on any atom is -0.462 e. The van der Waals surface area contributed by atoms with E-state index in [-0.39, 0.29) is 31.1 Å². The topological polar surface area (TPSA) is 78.9 Å². The van der Waals surface area contributed by atoms with Gasteiger partial charge in [0.15, 0.2) is 6.10 Å². The van der Waals surface area contributed by atoms with E-state index in [2.05, 4.69) is 81.5 Å². The number of unbranched alkanes of at least 4 members (excludes halogenated alkanes) is 32. The summed E-state index contributed by atoms with van der Waals surface area (Å²) < 4.78 is 16.9. The molecule has 0 heterocycles. The smallest absolute Gasteiger partial charge is 0.306 e. The molecule has 68 heavy (non-hydrogen) atoms. The Hall–Kier alpha value is -2.89. The van der Waals surface area contributed by atoms with Crippen molar-refractivity contribution in [1.29, 1.82) is 0 Å². The minimum absolute atomic E-state index is 0.0821. The van der Waals surface area contributed by atoms with Crippen molar-refractivity contribution in [3.63, 3.8) is 0 Å². The van der Waals surface area contributed by atoms with Crippen LogP contribution in [-0.4, -0.2) is 37.2 Å². The number of ether oxygens (including phenoxy) is 3. The van der Waals surface area contributed by atoms with Gasteiger partial charge < -0.3 is 14.2 Å². The lowest BCUT2D eigenvalue weighted by Crippen LogP contribution is -2.30. The van der Waals surface area contributed by atoms with Crippen molar-refractivity contribution in [3.8, 4) is 0 Å². The van der Waals surface area contributed by atoms with Crippen molar-refractivity contribution in [2.45, 2.75) is 303 Å². The van der Waals surface area contributed by atoms with Gasteiger partial charge in [-0.1, -0.05) is 248 Å². The third-order valence-corrected chi connectivity index (χ3v) is 12.7. The Kier molecular flexibility index (Phi) is 54.3. The van der Waals surface area contributed by atoms with Gasteiger partial charge in [-0.05, 0) is 89.9 Å². The number of hydrogen-bond acceptors (Lipinski definition) is 6. The monoisotopic (exact) mass is 951 g/mol. The predicted molar refractivity (Wildman–Crippen MR) is 293 cm³/mol. The molecule has 394 valence electrons. The maximum Gasteiger partial charge on any atom is 0.306 e. The lowest BCUT2D eigenvalue weighted by Gasteiger charge is -2.18. The molecule has 0 unspecified atom stereocenters. The average molecular weight is 952 g/mol. The summed E-state index contributed by atoms with van der Waals surface area (Å²) in [4.78, 5) is 38.2. The number of hydrogen-bond donors (Lipinski definition) is 0. The Bertz CT molecular complexity index is 1230. The van der Waals surface area contributed by atoms with Crippen molar-refractivity contribution in [2.24, 2.45) is 0 Å². The first-order valence-electron chi connectivity index (χ1n) is 29.3. The van der Waals surface area contributed by atoms with E-state index in [9.17, 15) is 14.4 Å². The van der Waals surface area contributed by atoms with E-state index in [0.717, 1.165) is 89.9 Å². The Morgan fingerprint density at radius 3 is 0.853 bits per heavy atom. The lowest BCUT2D eigenvalue weighted by atomic mass is 10.0. The molecule has 0 aliphatic carbocycles. The predicted octanol–water partition coefficient (Wildman–Crippen LogP) is 19.6. The highest BCUT2D eigenvalue weighted by atomic mass is 16.6.